The number of benzene rings is 1. The Balaban J connectivity index is 2.53. The Bertz CT molecular complexity index is 686. The predicted octanol–water partition coefficient (Wildman–Crippen LogP) is 4.09. The topological polar surface area (TPSA) is 48.1 Å². The fourth-order valence-electron chi connectivity index (χ4n) is 1.97. The maximum Gasteiger partial charge on any atom is 0.230 e. The summed E-state index contributed by atoms with van der Waals surface area (Å²) in [4.78, 5) is 4.63. The molecule has 20 heavy (non-hydrogen) atoms. The fraction of sp³-hybridized carbons (Fsp3) is 0.200. The molecule has 2 N–H and O–H groups in total. The molecule has 2 aromatic rings. The van der Waals surface area contributed by atoms with Gasteiger partial charge >= 0.3 is 0 Å². The van der Waals surface area contributed by atoms with Crippen LogP contribution in [-0.4, -0.2) is 9.97 Å². The minimum atomic E-state index is 0.258. The zero-order chi connectivity index (χ0) is 14.9. The normalized spacial score (nSPS) is 10.4. The van der Waals surface area contributed by atoms with Crippen LogP contribution in [0.5, 0.6) is 11.6 Å². The van der Waals surface area contributed by atoms with E-state index in [1.165, 1.54) is 0 Å². The van der Waals surface area contributed by atoms with E-state index in [-0.39, 0.29) is 4.99 Å². The smallest absolute Gasteiger partial charge is 0.230 e. The lowest BCUT2D eigenvalue weighted by molar-refractivity contribution is 0.460. The number of thiocarbonyl (C=S) groups is 1. The number of rotatable bonds is 3. The zero-order valence-corrected chi connectivity index (χ0v) is 13.1. The van der Waals surface area contributed by atoms with Crippen molar-refractivity contribution in [3.05, 3.63) is 51.7 Å². The molecule has 3 nitrogen and oxygen atoms in total. The van der Waals surface area contributed by atoms with Gasteiger partial charge in [0, 0.05) is 5.69 Å². The first-order valence-electron chi connectivity index (χ1n) is 6.10. The number of pyridine rings is 1. The van der Waals surface area contributed by atoms with E-state index in [1.54, 1.807) is 6.07 Å². The monoisotopic (exact) mass is 306 g/mol. The number of aryl methyl sites for hydroxylation is 3. The van der Waals surface area contributed by atoms with Gasteiger partial charge < -0.3 is 10.5 Å². The van der Waals surface area contributed by atoms with Crippen molar-refractivity contribution in [2.24, 2.45) is 5.73 Å². The molecule has 0 aliphatic carbocycles. The Kier molecular flexibility index (Phi) is 4.26. The van der Waals surface area contributed by atoms with Crippen LogP contribution in [0.25, 0.3) is 0 Å². The molecule has 0 unspecified atom stereocenters. The average molecular weight is 307 g/mol. The van der Waals surface area contributed by atoms with Crippen molar-refractivity contribution in [1.29, 1.82) is 0 Å². The van der Waals surface area contributed by atoms with Crippen LogP contribution in [0.15, 0.2) is 24.3 Å². The largest absolute Gasteiger partial charge is 0.437 e. The number of hydrogen-bond acceptors (Lipinski definition) is 3. The van der Waals surface area contributed by atoms with Gasteiger partial charge in [0.05, 0.1) is 10.6 Å². The van der Waals surface area contributed by atoms with Gasteiger partial charge in [0.1, 0.15) is 10.7 Å². The molecule has 1 heterocycles. The van der Waals surface area contributed by atoms with Crippen molar-refractivity contribution in [3.63, 3.8) is 0 Å². The van der Waals surface area contributed by atoms with Gasteiger partial charge in [-0.1, -0.05) is 29.9 Å². The molecule has 0 spiro atoms. The van der Waals surface area contributed by atoms with Crippen LogP contribution in [0, 0.1) is 20.8 Å². The molecule has 0 aliphatic rings. The van der Waals surface area contributed by atoms with E-state index in [1.807, 2.05) is 39.0 Å². The molecule has 0 radical (unpaired) electrons. The van der Waals surface area contributed by atoms with E-state index < -0.39 is 0 Å². The van der Waals surface area contributed by atoms with E-state index >= 15 is 0 Å². The van der Waals surface area contributed by atoms with Crippen LogP contribution in [0.3, 0.4) is 0 Å². The highest BCUT2D eigenvalue weighted by Gasteiger charge is 2.15. The van der Waals surface area contributed by atoms with Crippen molar-refractivity contribution in [3.8, 4) is 11.6 Å². The van der Waals surface area contributed by atoms with Gasteiger partial charge in [0.15, 0.2) is 0 Å². The highest BCUT2D eigenvalue weighted by atomic mass is 35.5. The number of hydrogen-bond donors (Lipinski definition) is 1. The van der Waals surface area contributed by atoms with Gasteiger partial charge in [0.25, 0.3) is 0 Å². The van der Waals surface area contributed by atoms with Crippen molar-refractivity contribution < 1.29 is 4.74 Å². The van der Waals surface area contributed by atoms with Gasteiger partial charge in [0.2, 0.25) is 5.88 Å². The zero-order valence-electron chi connectivity index (χ0n) is 11.5. The lowest BCUT2D eigenvalue weighted by Gasteiger charge is -2.14. The second-order valence-electron chi connectivity index (χ2n) is 4.66. The molecule has 104 valence electrons. The lowest BCUT2D eigenvalue weighted by atomic mass is 10.1. The predicted molar refractivity (Wildman–Crippen MR) is 85.9 cm³/mol. The highest BCUT2D eigenvalue weighted by molar-refractivity contribution is 7.80. The van der Waals surface area contributed by atoms with E-state index in [0.29, 0.717) is 22.2 Å². The maximum absolute atomic E-state index is 6.14. The summed E-state index contributed by atoms with van der Waals surface area (Å²) in [5, 5.41) is 0.519. The fourth-order valence-corrected chi connectivity index (χ4v) is 2.37. The second-order valence-corrected chi connectivity index (χ2v) is 5.51. The summed E-state index contributed by atoms with van der Waals surface area (Å²) in [6.45, 7) is 5.78. The summed E-state index contributed by atoms with van der Waals surface area (Å²) in [6.07, 6.45) is 0. The first kappa shape index (κ1) is 14.8. The number of ether oxygens (including phenoxy) is 1. The molecule has 0 amide bonds. The molecule has 0 saturated carbocycles. The van der Waals surface area contributed by atoms with E-state index in [4.69, 9.17) is 34.3 Å². The summed E-state index contributed by atoms with van der Waals surface area (Å²) >= 11 is 11.2. The summed E-state index contributed by atoms with van der Waals surface area (Å²) in [5.41, 5.74) is 9.22. The Labute approximate surface area is 128 Å². The van der Waals surface area contributed by atoms with E-state index in [2.05, 4.69) is 4.98 Å². The minimum absolute atomic E-state index is 0.258. The first-order valence-corrected chi connectivity index (χ1v) is 6.89. The van der Waals surface area contributed by atoms with E-state index in [0.717, 1.165) is 16.8 Å². The number of halogens is 1. The van der Waals surface area contributed by atoms with Gasteiger partial charge in [-0.3, -0.25) is 0 Å². The van der Waals surface area contributed by atoms with Crippen molar-refractivity contribution in [1.82, 2.24) is 4.98 Å². The first-order chi connectivity index (χ1) is 9.38. The maximum atomic E-state index is 6.14. The standard InChI is InChI=1S/C15H15ClN2OS/c1-8-4-5-11(16)12(6-8)19-15-13(14(17)20)9(2)7-10(3)18-15/h4-7H,1-3H3,(H2,17,20). The molecular formula is C15H15ClN2OS. The highest BCUT2D eigenvalue weighted by Crippen LogP contribution is 2.32. The van der Waals surface area contributed by atoms with Crippen molar-refractivity contribution in [2.45, 2.75) is 20.8 Å². The quantitative estimate of drug-likeness (QED) is 0.868. The number of nitrogens with zero attached hydrogens (tertiary/aromatic N) is 1. The molecule has 1 aromatic carbocycles. The molecule has 0 fully saturated rings. The van der Waals surface area contributed by atoms with Crippen molar-refractivity contribution in [2.75, 3.05) is 0 Å². The molecular weight excluding hydrogens is 292 g/mol. The third kappa shape index (κ3) is 3.08. The van der Waals surface area contributed by atoms with Crippen molar-refractivity contribution >= 4 is 28.8 Å². The molecule has 1 aromatic heterocycles. The summed E-state index contributed by atoms with van der Waals surface area (Å²) in [6, 6.07) is 7.47. The molecule has 0 aliphatic heterocycles. The lowest BCUT2D eigenvalue weighted by Crippen LogP contribution is -2.14. The second kappa shape index (κ2) is 5.77. The Hall–Kier alpha value is -1.65. The van der Waals surface area contributed by atoms with Crippen LogP contribution in [-0.2, 0) is 0 Å². The molecule has 0 bridgehead atoms. The third-order valence-corrected chi connectivity index (χ3v) is 3.37. The molecule has 0 saturated heterocycles. The Morgan fingerprint density at radius 3 is 2.60 bits per heavy atom. The Morgan fingerprint density at radius 1 is 1.25 bits per heavy atom. The van der Waals surface area contributed by atoms with Crippen LogP contribution >= 0.6 is 23.8 Å². The van der Waals surface area contributed by atoms with Gasteiger partial charge in [-0.05, 0) is 50.1 Å². The van der Waals surface area contributed by atoms with Gasteiger partial charge in [-0.25, -0.2) is 4.98 Å². The SMILES string of the molecule is Cc1ccc(Cl)c(Oc2nc(C)cc(C)c2C(N)=S)c1. The molecule has 2 rings (SSSR count). The van der Waals surface area contributed by atoms with Crippen LogP contribution in [0.1, 0.15) is 22.4 Å². The summed E-state index contributed by atoms with van der Waals surface area (Å²) in [7, 11) is 0. The van der Waals surface area contributed by atoms with Gasteiger partial charge in [-0.15, -0.1) is 0 Å². The van der Waals surface area contributed by atoms with Crippen LogP contribution in [0.2, 0.25) is 5.02 Å². The Morgan fingerprint density at radius 2 is 1.95 bits per heavy atom. The molecule has 5 heteroatoms. The minimum Gasteiger partial charge on any atom is -0.437 e. The van der Waals surface area contributed by atoms with Crippen LogP contribution < -0.4 is 10.5 Å². The third-order valence-electron chi connectivity index (χ3n) is 2.85. The number of aromatic nitrogens is 1. The summed E-state index contributed by atoms with van der Waals surface area (Å²) in [5.74, 6) is 0.934. The van der Waals surface area contributed by atoms with Crippen LogP contribution in [0.4, 0.5) is 0 Å². The van der Waals surface area contributed by atoms with E-state index in [9.17, 15) is 0 Å². The average Bonchev–Trinajstić information content (AvgIpc) is 2.32. The van der Waals surface area contributed by atoms with Gasteiger partial charge in [-0.2, -0.15) is 0 Å². The number of nitrogens with two attached hydrogens (primary N) is 1. The molecule has 0 atom stereocenters. The summed E-state index contributed by atoms with van der Waals surface area (Å²) < 4.78 is 5.83.